The zero-order valence-electron chi connectivity index (χ0n) is 15.8. The number of unbranched alkanes of at least 4 members (excludes halogenated alkanes) is 3. The van der Waals surface area contributed by atoms with E-state index >= 15 is 0 Å². The van der Waals surface area contributed by atoms with Gasteiger partial charge >= 0.3 is 11.9 Å². The van der Waals surface area contributed by atoms with Gasteiger partial charge in [-0.1, -0.05) is 24.3 Å². The van der Waals surface area contributed by atoms with Gasteiger partial charge in [-0.15, -0.1) is 0 Å². The molecule has 0 bridgehead atoms. The van der Waals surface area contributed by atoms with Crippen molar-refractivity contribution in [1.29, 1.82) is 0 Å². The van der Waals surface area contributed by atoms with Crippen LogP contribution < -0.4 is 9.47 Å². The maximum atomic E-state index is 10.7. The molecule has 28 heavy (non-hydrogen) atoms. The Labute approximate surface area is 164 Å². The Bertz CT molecular complexity index is 706. The van der Waals surface area contributed by atoms with Crippen LogP contribution in [0.1, 0.15) is 36.8 Å². The minimum Gasteiger partial charge on any atom is -0.494 e. The third kappa shape index (κ3) is 8.58. The first kappa shape index (κ1) is 21.3. The molecule has 0 aliphatic rings. The molecule has 0 unspecified atom stereocenters. The molecule has 0 radical (unpaired) electrons. The van der Waals surface area contributed by atoms with Crippen molar-refractivity contribution in [2.75, 3.05) is 13.2 Å². The molecule has 0 aromatic heterocycles. The van der Waals surface area contributed by atoms with Crippen LogP contribution in [0.4, 0.5) is 0 Å². The van der Waals surface area contributed by atoms with Crippen LogP contribution in [-0.4, -0.2) is 35.4 Å². The van der Waals surface area contributed by atoms with E-state index in [2.05, 4.69) is 0 Å². The summed E-state index contributed by atoms with van der Waals surface area (Å²) in [5.41, 5.74) is 1.46. The number of aliphatic carboxylic acids is 2. The molecule has 2 N–H and O–H groups in total. The summed E-state index contributed by atoms with van der Waals surface area (Å²) >= 11 is 0. The van der Waals surface area contributed by atoms with Gasteiger partial charge in [0.15, 0.2) is 0 Å². The summed E-state index contributed by atoms with van der Waals surface area (Å²) in [6, 6.07) is 14.3. The lowest BCUT2D eigenvalue weighted by atomic mass is 10.1. The molecule has 0 saturated heterocycles. The quantitative estimate of drug-likeness (QED) is 0.506. The molecule has 2 aromatic rings. The van der Waals surface area contributed by atoms with Crippen LogP contribution in [0.3, 0.4) is 0 Å². The first-order valence-corrected chi connectivity index (χ1v) is 9.40. The summed E-state index contributed by atoms with van der Waals surface area (Å²) in [5, 5.41) is 17.6. The van der Waals surface area contributed by atoms with Gasteiger partial charge in [-0.2, -0.15) is 0 Å². The highest BCUT2D eigenvalue weighted by Crippen LogP contribution is 2.16. The second-order valence-electron chi connectivity index (χ2n) is 6.55. The van der Waals surface area contributed by atoms with E-state index in [1.807, 2.05) is 12.1 Å². The third-order valence-corrected chi connectivity index (χ3v) is 4.08. The zero-order valence-corrected chi connectivity index (χ0v) is 15.8. The van der Waals surface area contributed by atoms with Crippen molar-refractivity contribution in [3.05, 3.63) is 59.7 Å². The van der Waals surface area contributed by atoms with Crippen LogP contribution in [0.5, 0.6) is 11.5 Å². The molecule has 6 nitrogen and oxygen atoms in total. The van der Waals surface area contributed by atoms with E-state index in [1.165, 1.54) is 0 Å². The minimum absolute atomic E-state index is 0.00356. The summed E-state index contributed by atoms with van der Waals surface area (Å²) in [6.07, 6.45) is 3.84. The summed E-state index contributed by atoms with van der Waals surface area (Å²) in [6.45, 7) is 1.18. The Morgan fingerprint density at radius 2 is 1.11 bits per heavy atom. The Kier molecular flexibility index (Phi) is 8.85. The molecule has 0 heterocycles. The van der Waals surface area contributed by atoms with E-state index < -0.39 is 11.9 Å². The fraction of sp³-hybridized carbons (Fsp3) is 0.364. The van der Waals surface area contributed by atoms with Gasteiger partial charge in [0, 0.05) is 0 Å². The SMILES string of the molecule is O=C(O)Cc1cccc(OCCCCCCOc2cccc(CC(=O)O)c2)c1. The van der Waals surface area contributed by atoms with Gasteiger partial charge < -0.3 is 19.7 Å². The lowest BCUT2D eigenvalue weighted by Crippen LogP contribution is -2.02. The van der Waals surface area contributed by atoms with Crippen molar-refractivity contribution >= 4 is 11.9 Å². The van der Waals surface area contributed by atoms with Crippen molar-refractivity contribution in [2.24, 2.45) is 0 Å². The molecule has 2 aromatic carbocycles. The number of hydrogen-bond donors (Lipinski definition) is 2. The van der Waals surface area contributed by atoms with E-state index in [0.717, 1.165) is 36.8 Å². The molecule has 0 fully saturated rings. The number of ether oxygens (including phenoxy) is 2. The van der Waals surface area contributed by atoms with Crippen LogP contribution in [0.15, 0.2) is 48.5 Å². The Morgan fingerprint density at radius 1 is 0.679 bits per heavy atom. The van der Waals surface area contributed by atoms with Crippen molar-refractivity contribution in [3.8, 4) is 11.5 Å². The fourth-order valence-electron chi connectivity index (χ4n) is 2.78. The highest BCUT2D eigenvalue weighted by atomic mass is 16.5. The van der Waals surface area contributed by atoms with E-state index in [0.29, 0.717) is 24.7 Å². The van der Waals surface area contributed by atoms with E-state index in [-0.39, 0.29) is 12.8 Å². The maximum Gasteiger partial charge on any atom is 0.307 e. The van der Waals surface area contributed by atoms with Gasteiger partial charge in [-0.05, 0) is 61.1 Å². The van der Waals surface area contributed by atoms with Crippen molar-refractivity contribution in [1.82, 2.24) is 0 Å². The zero-order chi connectivity index (χ0) is 20.2. The molecule has 0 amide bonds. The topological polar surface area (TPSA) is 93.1 Å². The number of carboxylic acids is 2. The van der Waals surface area contributed by atoms with Gasteiger partial charge in [0.25, 0.3) is 0 Å². The Balaban J connectivity index is 1.56. The van der Waals surface area contributed by atoms with Crippen molar-refractivity contribution < 1.29 is 29.3 Å². The highest BCUT2D eigenvalue weighted by molar-refractivity contribution is 5.70. The van der Waals surface area contributed by atoms with Crippen LogP contribution in [0, 0.1) is 0 Å². The summed E-state index contributed by atoms with van der Waals surface area (Å²) in [7, 11) is 0. The van der Waals surface area contributed by atoms with Crippen molar-refractivity contribution in [3.63, 3.8) is 0 Å². The van der Waals surface area contributed by atoms with Gasteiger partial charge in [-0.3, -0.25) is 9.59 Å². The molecule has 0 aliphatic heterocycles. The largest absolute Gasteiger partial charge is 0.494 e. The molecule has 6 heteroatoms. The normalized spacial score (nSPS) is 10.4. The van der Waals surface area contributed by atoms with Crippen LogP contribution >= 0.6 is 0 Å². The Morgan fingerprint density at radius 3 is 1.50 bits per heavy atom. The van der Waals surface area contributed by atoms with E-state index in [4.69, 9.17) is 19.7 Å². The number of rotatable bonds is 13. The minimum atomic E-state index is -0.854. The standard InChI is InChI=1S/C22H26O6/c23-21(24)15-17-7-5-9-19(13-17)27-11-3-1-2-4-12-28-20-10-6-8-18(14-20)16-22(25)26/h5-10,13-14H,1-4,11-12,15-16H2,(H,23,24)(H,25,26). The van der Waals surface area contributed by atoms with Crippen LogP contribution in [-0.2, 0) is 22.4 Å². The first-order chi connectivity index (χ1) is 13.5. The molecule has 0 saturated carbocycles. The number of benzene rings is 2. The van der Waals surface area contributed by atoms with Crippen molar-refractivity contribution in [2.45, 2.75) is 38.5 Å². The van der Waals surface area contributed by atoms with Gasteiger partial charge in [0.05, 0.1) is 26.1 Å². The molecule has 0 atom stereocenters. The second-order valence-corrected chi connectivity index (χ2v) is 6.55. The summed E-state index contributed by atoms with van der Waals surface area (Å²) in [5.74, 6) is -0.312. The second kappa shape index (κ2) is 11.6. The number of carboxylic acid groups (broad SMARTS) is 2. The average molecular weight is 386 g/mol. The molecule has 0 spiro atoms. The molecule has 2 rings (SSSR count). The predicted octanol–water partition coefficient (Wildman–Crippen LogP) is 3.96. The molecule has 0 aliphatic carbocycles. The number of carbonyl (C=O) groups is 2. The first-order valence-electron chi connectivity index (χ1n) is 9.40. The summed E-state index contributed by atoms with van der Waals surface area (Å²) in [4.78, 5) is 21.5. The highest BCUT2D eigenvalue weighted by Gasteiger charge is 2.03. The maximum absolute atomic E-state index is 10.7. The van der Waals surface area contributed by atoms with Gasteiger partial charge in [-0.25, -0.2) is 0 Å². The third-order valence-electron chi connectivity index (χ3n) is 4.08. The average Bonchev–Trinajstić information content (AvgIpc) is 2.63. The molecular weight excluding hydrogens is 360 g/mol. The lowest BCUT2D eigenvalue weighted by Gasteiger charge is -2.09. The summed E-state index contributed by atoms with van der Waals surface area (Å²) < 4.78 is 11.4. The predicted molar refractivity (Wildman–Crippen MR) is 105 cm³/mol. The van der Waals surface area contributed by atoms with E-state index in [9.17, 15) is 9.59 Å². The molecular formula is C22H26O6. The lowest BCUT2D eigenvalue weighted by molar-refractivity contribution is -0.137. The van der Waals surface area contributed by atoms with Gasteiger partial charge in [0.1, 0.15) is 11.5 Å². The van der Waals surface area contributed by atoms with Crippen LogP contribution in [0.2, 0.25) is 0 Å². The molecule has 150 valence electrons. The monoisotopic (exact) mass is 386 g/mol. The smallest absolute Gasteiger partial charge is 0.307 e. The van der Waals surface area contributed by atoms with Gasteiger partial charge in [0.2, 0.25) is 0 Å². The fourth-order valence-corrected chi connectivity index (χ4v) is 2.78. The van der Waals surface area contributed by atoms with E-state index in [1.54, 1.807) is 36.4 Å². The number of hydrogen-bond acceptors (Lipinski definition) is 4. The van der Waals surface area contributed by atoms with Crippen LogP contribution in [0.25, 0.3) is 0 Å². The Hall–Kier alpha value is -3.02.